The fourth-order valence-electron chi connectivity index (χ4n) is 2.97. The summed E-state index contributed by atoms with van der Waals surface area (Å²) in [5.41, 5.74) is 2.46. The van der Waals surface area contributed by atoms with Crippen LogP contribution in [0, 0.1) is 13.8 Å². The zero-order chi connectivity index (χ0) is 25.5. The van der Waals surface area contributed by atoms with E-state index in [9.17, 15) is 22.8 Å². The first-order valence-corrected chi connectivity index (χ1v) is 11.9. The number of likely N-dealkylation sites (N-methyl/N-ethyl adjacent to an activating group) is 1. The van der Waals surface area contributed by atoms with E-state index in [1.165, 1.54) is 45.3 Å². The highest BCUT2D eigenvalue weighted by atomic mass is 32.2. The summed E-state index contributed by atoms with van der Waals surface area (Å²) in [5, 5.41) is 2.77. The number of anilines is 1. The molecule has 0 fully saturated rings. The number of rotatable bonds is 10. The van der Waals surface area contributed by atoms with E-state index in [1.54, 1.807) is 0 Å². The number of carbonyl (C=O) groups is 3. The standard InChI is InChI=1S/C23H29N3O7S/c1-15-7-6-8-16(2)22(15)24-20(27)13-26(4)21(28)14-33-23(29)17(3)25-34(30,31)19-11-9-18(32-5)10-12-19/h6-12,17,25H,13-14H2,1-5H3,(H,24,27)/t17-/m0/s1. The van der Waals surface area contributed by atoms with Crippen LogP contribution in [0.4, 0.5) is 5.69 Å². The molecule has 0 aliphatic heterocycles. The Labute approximate surface area is 199 Å². The van der Waals surface area contributed by atoms with Crippen LogP contribution >= 0.6 is 0 Å². The molecule has 0 heterocycles. The van der Waals surface area contributed by atoms with E-state index >= 15 is 0 Å². The van der Waals surface area contributed by atoms with Gasteiger partial charge < -0.3 is 19.7 Å². The largest absolute Gasteiger partial charge is 0.497 e. The van der Waals surface area contributed by atoms with Gasteiger partial charge in [-0.05, 0) is 56.2 Å². The number of benzene rings is 2. The first-order chi connectivity index (χ1) is 15.9. The van der Waals surface area contributed by atoms with Crippen molar-refractivity contribution < 1.29 is 32.3 Å². The van der Waals surface area contributed by atoms with Gasteiger partial charge in [0.2, 0.25) is 15.9 Å². The average Bonchev–Trinajstić information content (AvgIpc) is 2.79. The average molecular weight is 492 g/mol. The SMILES string of the molecule is COc1ccc(S(=O)(=O)N[C@@H](C)C(=O)OCC(=O)N(C)CC(=O)Nc2c(C)cccc2C)cc1. The van der Waals surface area contributed by atoms with Gasteiger partial charge in [-0.3, -0.25) is 14.4 Å². The number of hydrogen-bond donors (Lipinski definition) is 2. The van der Waals surface area contributed by atoms with Gasteiger partial charge in [-0.1, -0.05) is 18.2 Å². The monoisotopic (exact) mass is 491 g/mol. The molecule has 2 N–H and O–H groups in total. The topological polar surface area (TPSA) is 131 Å². The van der Waals surface area contributed by atoms with Crippen molar-refractivity contribution in [3.05, 3.63) is 53.6 Å². The first kappa shape index (κ1) is 26.8. The van der Waals surface area contributed by atoms with Gasteiger partial charge in [0.25, 0.3) is 5.91 Å². The van der Waals surface area contributed by atoms with E-state index in [4.69, 9.17) is 9.47 Å². The van der Waals surface area contributed by atoms with Gasteiger partial charge in [-0.15, -0.1) is 0 Å². The summed E-state index contributed by atoms with van der Waals surface area (Å²) in [6, 6.07) is 9.98. The lowest BCUT2D eigenvalue weighted by Gasteiger charge is -2.19. The smallest absolute Gasteiger partial charge is 0.324 e. The van der Waals surface area contributed by atoms with E-state index in [0.717, 1.165) is 16.0 Å². The van der Waals surface area contributed by atoms with Crippen molar-refractivity contribution in [1.29, 1.82) is 0 Å². The molecule has 0 bridgehead atoms. The molecule has 0 spiro atoms. The van der Waals surface area contributed by atoms with E-state index in [2.05, 4.69) is 10.0 Å². The predicted molar refractivity (Wildman–Crippen MR) is 126 cm³/mol. The van der Waals surface area contributed by atoms with Crippen molar-refractivity contribution >= 4 is 33.5 Å². The highest BCUT2D eigenvalue weighted by molar-refractivity contribution is 7.89. The Morgan fingerprint density at radius 3 is 2.18 bits per heavy atom. The molecule has 11 heteroatoms. The Kier molecular flexibility index (Phi) is 9.16. The van der Waals surface area contributed by atoms with Crippen LogP contribution in [0.3, 0.4) is 0 Å². The van der Waals surface area contributed by atoms with E-state index in [0.29, 0.717) is 11.4 Å². The van der Waals surface area contributed by atoms with Gasteiger partial charge in [0.15, 0.2) is 6.61 Å². The minimum atomic E-state index is -3.99. The van der Waals surface area contributed by atoms with E-state index in [-0.39, 0.29) is 11.4 Å². The molecule has 0 aromatic heterocycles. The van der Waals surface area contributed by atoms with Crippen LogP contribution in [0.2, 0.25) is 0 Å². The quantitative estimate of drug-likeness (QED) is 0.483. The Bertz CT molecular complexity index is 1130. The van der Waals surface area contributed by atoms with Gasteiger partial charge >= 0.3 is 5.97 Å². The van der Waals surface area contributed by atoms with Crippen LogP contribution in [0.5, 0.6) is 5.75 Å². The molecule has 0 radical (unpaired) electrons. The zero-order valence-corrected chi connectivity index (χ0v) is 20.6. The number of esters is 1. The van der Waals surface area contributed by atoms with Crippen LogP contribution in [-0.2, 0) is 29.1 Å². The van der Waals surface area contributed by atoms with Crippen LogP contribution < -0.4 is 14.8 Å². The fourth-order valence-corrected chi connectivity index (χ4v) is 4.16. The number of carbonyl (C=O) groups excluding carboxylic acids is 3. The Morgan fingerprint density at radius 2 is 1.62 bits per heavy atom. The van der Waals surface area contributed by atoms with Crippen LogP contribution in [-0.4, -0.2) is 64.5 Å². The van der Waals surface area contributed by atoms with Crippen LogP contribution in [0.25, 0.3) is 0 Å². The molecule has 184 valence electrons. The second-order valence-corrected chi connectivity index (χ2v) is 9.40. The zero-order valence-electron chi connectivity index (χ0n) is 19.7. The number of aryl methyl sites for hydroxylation is 2. The van der Waals surface area contributed by atoms with Gasteiger partial charge in [0.1, 0.15) is 11.8 Å². The van der Waals surface area contributed by atoms with Gasteiger partial charge in [0, 0.05) is 12.7 Å². The van der Waals surface area contributed by atoms with E-state index in [1.807, 2.05) is 32.0 Å². The summed E-state index contributed by atoms with van der Waals surface area (Å²) >= 11 is 0. The Hall–Kier alpha value is -3.44. The molecule has 0 saturated carbocycles. The Morgan fingerprint density at radius 1 is 1.03 bits per heavy atom. The predicted octanol–water partition coefficient (Wildman–Crippen LogP) is 1.62. The molecule has 34 heavy (non-hydrogen) atoms. The number of amides is 2. The van der Waals surface area contributed by atoms with Crippen molar-refractivity contribution in [3.8, 4) is 5.75 Å². The number of nitrogens with one attached hydrogen (secondary N) is 2. The fraction of sp³-hybridized carbons (Fsp3) is 0.348. The third kappa shape index (κ3) is 7.29. The summed E-state index contributed by atoms with van der Waals surface area (Å²) in [4.78, 5) is 37.8. The van der Waals surface area contributed by atoms with Gasteiger partial charge in [0.05, 0.1) is 18.6 Å². The second-order valence-electron chi connectivity index (χ2n) is 7.69. The first-order valence-electron chi connectivity index (χ1n) is 10.4. The van der Waals surface area contributed by atoms with E-state index < -0.39 is 40.5 Å². The maximum Gasteiger partial charge on any atom is 0.324 e. The third-order valence-electron chi connectivity index (χ3n) is 4.95. The van der Waals surface area contributed by atoms with Crippen molar-refractivity contribution in [2.24, 2.45) is 0 Å². The number of methoxy groups -OCH3 is 1. The summed E-state index contributed by atoms with van der Waals surface area (Å²) in [6.07, 6.45) is 0. The van der Waals surface area contributed by atoms with Crippen LogP contribution in [0.1, 0.15) is 18.1 Å². The van der Waals surface area contributed by atoms with Crippen molar-refractivity contribution in [2.45, 2.75) is 31.7 Å². The molecule has 2 aromatic rings. The number of para-hydroxylation sites is 1. The number of ether oxygens (including phenoxy) is 2. The normalized spacial score (nSPS) is 11.9. The summed E-state index contributed by atoms with van der Waals surface area (Å²) in [7, 11) is -1.14. The lowest BCUT2D eigenvalue weighted by Crippen LogP contribution is -2.42. The Balaban J connectivity index is 1.85. The van der Waals surface area contributed by atoms with Crippen molar-refractivity contribution in [1.82, 2.24) is 9.62 Å². The lowest BCUT2D eigenvalue weighted by atomic mass is 10.1. The molecule has 1 atom stereocenters. The highest BCUT2D eigenvalue weighted by Crippen LogP contribution is 2.19. The molecule has 2 amide bonds. The number of hydrogen-bond acceptors (Lipinski definition) is 7. The van der Waals surface area contributed by atoms with Gasteiger partial charge in [-0.2, -0.15) is 4.72 Å². The summed E-state index contributed by atoms with van der Waals surface area (Å²) in [5.74, 6) is -1.47. The van der Waals surface area contributed by atoms with Crippen molar-refractivity contribution in [3.63, 3.8) is 0 Å². The van der Waals surface area contributed by atoms with Crippen LogP contribution in [0.15, 0.2) is 47.4 Å². The molecular formula is C23H29N3O7S. The maximum atomic E-state index is 12.4. The summed E-state index contributed by atoms with van der Waals surface area (Å²) < 4.78 is 37.0. The molecular weight excluding hydrogens is 462 g/mol. The van der Waals surface area contributed by atoms with Gasteiger partial charge in [-0.25, -0.2) is 8.42 Å². The molecule has 0 aliphatic carbocycles. The minimum Gasteiger partial charge on any atom is -0.497 e. The lowest BCUT2D eigenvalue weighted by molar-refractivity contribution is -0.152. The summed E-state index contributed by atoms with van der Waals surface area (Å²) in [6.45, 7) is 4.14. The maximum absolute atomic E-state index is 12.4. The minimum absolute atomic E-state index is 0.0568. The number of sulfonamides is 1. The third-order valence-corrected chi connectivity index (χ3v) is 6.50. The molecule has 2 aromatic carbocycles. The molecule has 0 saturated heterocycles. The van der Waals surface area contributed by atoms with Crippen molar-refractivity contribution in [2.75, 3.05) is 32.6 Å². The highest BCUT2D eigenvalue weighted by Gasteiger charge is 2.24. The number of nitrogens with zero attached hydrogens (tertiary/aromatic N) is 1. The molecule has 10 nitrogen and oxygen atoms in total. The second kappa shape index (κ2) is 11.6. The molecule has 0 unspecified atom stereocenters. The molecule has 2 rings (SSSR count). The molecule has 0 aliphatic rings.